The lowest BCUT2D eigenvalue weighted by atomic mass is 10.2. The summed E-state index contributed by atoms with van der Waals surface area (Å²) < 4.78 is 0.403. The van der Waals surface area contributed by atoms with Gasteiger partial charge >= 0.3 is 0 Å². The highest BCUT2D eigenvalue weighted by Gasteiger charge is 2.32. The molecule has 1 heterocycles. The molecule has 1 aliphatic rings. The van der Waals surface area contributed by atoms with Gasteiger partial charge in [0.2, 0.25) is 5.91 Å². The smallest absolute Gasteiger partial charge is 0.266 e. The van der Waals surface area contributed by atoms with E-state index in [1.165, 1.54) is 16.7 Å². The lowest BCUT2D eigenvalue weighted by molar-refractivity contribution is -0.122. The molecule has 2 aromatic carbocycles. The van der Waals surface area contributed by atoms with Crippen LogP contribution in [-0.4, -0.2) is 27.6 Å². The Labute approximate surface area is 186 Å². The maximum absolute atomic E-state index is 12.6. The SMILES string of the molecule is O=C(CCN1C(=O)C(=Cc2ccccc2Cl)SC1=S)Nc1ccc(Cl)cc1Cl. The first-order chi connectivity index (χ1) is 13.3. The van der Waals surface area contributed by atoms with Crippen LogP contribution in [0, 0.1) is 0 Å². The molecule has 1 saturated heterocycles. The second kappa shape index (κ2) is 9.29. The average molecular weight is 472 g/mol. The molecule has 9 heteroatoms. The Balaban J connectivity index is 1.63. The standard InChI is InChI=1S/C19H13Cl3N2O2S2/c20-12-5-6-15(14(22)10-12)23-17(25)7-8-24-18(26)16(28-19(24)27)9-11-3-1-2-4-13(11)21/h1-6,9-10H,7-8H2,(H,23,25). The number of halogens is 3. The number of thioether (sulfide) groups is 1. The highest BCUT2D eigenvalue weighted by molar-refractivity contribution is 8.26. The first-order valence-corrected chi connectivity index (χ1v) is 10.5. The Bertz CT molecular complexity index is 995. The van der Waals surface area contributed by atoms with Gasteiger partial charge in [-0.2, -0.15) is 0 Å². The minimum atomic E-state index is -0.284. The van der Waals surface area contributed by atoms with E-state index in [1.807, 2.05) is 18.2 Å². The fourth-order valence-corrected chi connectivity index (χ4v) is 4.39. The molecule has 144 valence electrons. The summed E-state index contributed by atoms with van der Waals surface area (Å²) in [5.41, 5.74) is 1.19. The maximum atomic E-state index is 12.6. The summed E-state index contributed by atoms with van der Waals surface area (Å²) >= 11 is 24.5. The molecular formula is C19H13Cl3N2O2S2. The molecule has 3 rings (SSSR count). The number of rotatable bonds is 5. The summed E-state index contributed by atoms with van der Waals surface area (Å²) in [5.74, 6) is -0.527. The lowest BCUT2D eigenvalue weighted by Crippen LogP contribution is -2.31. The third kappa shape index (κ3) is 5.07. The van der Waals surface area contributed by atoms with Crippen molar-refractivity contribution in [3.05, 3.63) is 68.0 Å². The number of benzene rings is 2. The van der Waals surface area contributed by atoms with Crippen LogP contribution in [0.3, 0.4) is 0 Å². The average Bonchev–Trinajstić information content (AvgIpc) is 2.91. The van der Waals surface area contributed by atoms with Crippen LogP contribution in [-0.2, 0) is 9.59 Å². The minimum Gasteiger partial charge on any atom is -0.325 e. The van der Waals surface area contributed by atoms with Crippen LogP contribution in [0.5, 0.6) is 0 Å². The number of anilines is 1. The summed E-state index contributed by atoms with van der Waals surface area (Å²) in [6.45, 7) is 0.168. The molecule has 2 amide bonds. The zero-order valence-corrected chi connectivity index (χ0v) is 18.1. The van der Waals surface area contributed by atoms with Gasteiger partial charge in [-0.1, -0.05) is 77.0 Å². The predicted molar refractivity (Wildman–Crippen MR) is 121 cm³/mol. The van der Waals surface area contributed by atoms with Crippen molar-refractivity contribution in [3.8, 4) is 0 Å². The third-order valence-electron chi connectivity index (χ3n) is 3.83. The summed E-state index contributed by atoms with van der Waals surface area (Å²) in [6.07, 6.45) is 1.78. The van der Waals surface area contributed by atoms with E-state index in [2.05, 4.69) is 5.32 Å². The van der Waals surface area contributed by atoms with Crippen LogP contribution in [0.1, 0.15) is 12.0 Å². The summed E-state index contributed by atoms with van der Waals surface area (Å²) in [6, 6.07) is 12.0. The highest BCUT2D eigenvalue weighted by atomic mass is 35.5. The van der Waals surface area contributed by atoms with Crippen LogP contribution in [0.2, 0.25) is 15.1 Å². The molecule has 4 nitrogen and oxygen atoms in total. The van der Waals surface area contributed by atoms with Crippen molar-refractivity contribution in [3.63, 3.8) is 0 Å². The van der Waals surface area contributed by atoms with Crippen molar-refractivity contribution in [1.82, 2.24) is 4.90 Å². The van der Waals surface area contributed by atoms with Gasteiger partial charge in [0.05, 0.1) is 15.6 Å². The first kappa shape index (κ1) is 21.1. The molecule has 0 atom stereocenters. The molecule has 0 aliphatic carbocycles. The summed E-state index contributed by atoms with van der Waals surface area (Å²) in [7, 11) is 0. The lowest BCUT2D eigenvalue weighted by Gasteiger charge is -2.14. The second-order valence-corrected chi connectivity index (χ2v) is 8.70. The van der Waals surface area contributed by atoms with E-state index in [1.54, 1.807) is 30.3 Å². The number of nitrogens with one attached hydrogen (secondary N) is 1. The van der Waals surface area contributed by atoms with Gasteiger partial charge in [0.15, 0.2) is 0 Å². The van der Waals surface area contributed by atoms with E-state index in [9.17, 15) is 9.59 Å². The second-order valence-electron chi connectivity index (χ2n) is 5.78. The summed E-state index contributed by atoms with van der Waals surface area (Å²) in [5, 5.41) is 4.07. The van der Waals surface area contributed by atoms with E-state index in [0.29, 0.717) is 30.0 Å². The van der Waals surface area contributed by atoms with Crippen molar-refractivity contribution in [2.75, 3.05) is 11.9 Å². The first-order valence-electron chi connectivity index (χ1n) is 8.10. The molecule has 0 saturated carbocycles. The predicted octanol–water partition coefficient (Wildman–Crippen LogP) is 5.88. The molecule has 0 radical (unpaired) electrons. The summed E-state index contributed by atoms with van der Waals surface area (Å²) in [4.78, 5) is 26.7. The van der Waals surface area contributed by atoms with Crippen LogP contribution < -0.4 is 5.32 Å². The molecule has 1 fully saturated rings. The van der Waals surface area contributed by atoms with E-state index in [-0.39, 0.29) is 24.8 Å². The van der Waals surface area contributed by atoms with Gasteiger partial charge in [0.1, 0.15) is 4.32 Å². The van der Waals surface area contributed by atoms with Crippen LogP contribution in [0.25, 0.3) is 6.08 Å². The zero-order valence-electron chi connectivity index (χ0n) is 14.2. The maximum Gasteiger partial charge on any atom is 0.266 e. The van der Waals surface area contributed by atoms with Crippen LogP contribution >= 0.6 is 58.8 Å². The number of thiocarbonyl (C=S) groups is 1. The molecule has 0 aromatic heterocycles. The number of carbonyl (C=O) groups excluding carboxylic acids is 2. The molecule has 1 aliphatic heterocycles. The van der Waals surface area contributed by atoms with Gasteiger partial charge in [-0.15, -0.1) is 0 Å². The van der Waals surface area contributed by atoms with Crippen LogP contribution in [0.4, 0.5) is 5.69 Å². The van der Waals surface area contributed by atoms with Crippen molar-refractivity contribution in [2.24, 2.45) is 0 Å². The Morgan fingerprint density at radius 1 is 1.14 bits per heavy atom. The van der Waals surface area contributed by atoms with Crippen molar-refractivity contribution in [1.29, 1.82) is 0 Å². The van der Waals surface area contributed by atoms with E-state index >= 15 is 0 Å². The van der Waals surface area contributed by atoms with E-state index < -0.39 is 0 Å². The molecule has 0 spiro atoms. The fourth-order valence-electron chi connectivity index (χ4n) is 2.44. The van der Waals surface area contributed by atoms with Crippen molar-refractivity contribution < 1.29 is 9.59 Å². The van der Waals surface area contributed by atoms with E-state index in [4.69, 9.17) is 47.0 Å². The molecule has 1 N–H and O–H groups in total. The quantitative estimate of drug-likeness (QED) is 0.437. The Morgan fingerprint density at radius 2 is 1.89 bits per heavy atom. The highest BCUT2D eigenvalue weighted by Crippen LogP contribution is 2.34. The normalized spacial score (nSPS) is 15.4. The zero-order chi connectivity index (χ0) is 20.3. The van der Waals surface area contributed by atoms with Gasteiger partial charge in [-0.05, 0) is 35.9 Å². The number of hydrogen-bond acceptors (Lipinski definition) is 4. The van der Waals surface area contributed by atoms with Crippen molar-refractivity contribution >= 4 is 86.7 Å². The number of nitrogens with zero attached hydrogens (tertiary/aromatic N) is 1. The molecule has 0 unspecified atom stereocenters. The third-order valence-corrected chi connectivity index (χ3v) is 6.10. The minimum absolute atomic E-state index is 0.0742. The largest absolute Gasteiger partial charge is 0.325 e. The molecule has 0 bridgehead atoms. The molecular weight excluding hydrogens is 459 g/mol. The van der Waals surface area contributed by atoms with E-state index in [0.717, 1.165) is 5.56 Å². The fraction of sp³-hybridized carbons (Fsp3) is 0.105. The van der Waals surface area contributed by atoms with Crippen LogP contribution in [0.15, 0.2) is 47.4 Å². The molecule has 2 aromatic rings. The Hall–Kier alpha value is -1.57. The Kier molecular flexibility index (Phi) is 7.01. The topological polar surface area (TPSA) is 49.4 Å². The van der Waals surface area contributed by atoms with Gasteiger partial charge in [-0.25, -0.2) is 0 Å². The van der Waals surface area contributed by atoms with Gasteiger partial charge in [0, 0.05) is 23.0 Å². The monoisotopic (exact) mass is 470 g/mol. The number of amides is 2. The number of carbonyl (C=O) groups is 2. The van der Waals surface area contributed by atoms with Gasteiger partial charge in [0.25, 0.3) is 5.91 Å². The Morgan fingerprint density at radius 3 is 2.61 bits per heavy atom. The van der Waals surface area contributed by atoms with Gasteiger partial charge < -0.3 is 5.32 Å². The number of hydrogen-bond donors (Lipinski definition) is 1. The molecule has 28 heavy (non-hydrogen) atoms. The van der Waals surface area contributed by atoms with Crippen molar-refractivity contribution in [2.45, 2.75) is 6.42 Å². The van der Waals surface area contributed by atoms with Gasteiger partial charge in [-0.3, -0.25) is 14.5 Å².